The van der Waals surface area contributed by atoms with Crippen LogP contribution in [-0.2, 0) is 19.0 Å². The van der Waals surface area contributed by atoms with Crippen molar-refractivity contribution in [3.63, 3.8) is 0 Å². The van der Waals surface area contributed by atoms with E-state index in [1.807, 2.05) is 0 Å². The van der Waals surface area contributed by atoms with Gasteiger partial charge in [0.1, 0.15) is 6.61 Å². The Hall–Kier alpha value is -0.610. The highest BCUT2D eigenvalue weighted by Crippen LogP contribution is 1.85. The normalized spacial score (nSPS) is 9.83. The van der Waals surface area contributed by atoms with E-state index < -0.39 is 0 Å². The number of methoxy groups -OCH3 is 1. The van der Waals surface area contributed by atoms with Crippen molar-refractivity contribution >= 4 is 5.97 Å². The van der Waals surface area contributed by atoms with Gasteiger partial charge < -0.3 is 14.2 Å². The Morgan fingerprint density at radius 1 is 1.33 bits per heavy atom. The quantitative estimate of drug-likeness (QED) is 0.421. The van der Waals surface area contributed by atoms with Crippen molar-refractivity contribution < 1.29 is 19.0 Å². The molecule has 0 aliphatic rings. The lowest BCUT2D eigenvalue weighted by Crippen LogP contribution is -2.13. The van der Waals surface area contributed by atoms with Crippen LogP contribution >= 0.6 is 0 Å². The molecule has 0 rings (SSSR count). The zero-order valence-electron chi connectivity index (χ0n) is 7.67. The molecule has 0 bridgehead atoms. The third-order valence-electron chi connectivity index (χ3n) is 1.16. The van der Waals surface area contributed by atoms with Crippen LogP contribution in [0.1, 0.15) is 13.3 Å². The van der Waals surface area contributed by atoms with E-state index >= 15 is 0 Å². The number of carbonyl (C=O) groups excluding carboxylic acids is 1. The smallest absolute Gasteiger partial charge is 0.332 e. The summed E-state index contributed by atoms with van der Waals surface area (Å²) in [5.41, 5.74) is 0. The maximum absolute atomic E-state index is 10.7. The summed E-state index contributed by atoms with van der Waals surface area (Å²) in [5, 5.41) is 0. The van der Waals surface area contributed by atoms with Crippen LogP contribution in [0, 0.1) is 0 Å². The molecule has 0 atom stereocenters. The Balaban J connectivity index is 3.03. The zero-order chi connectivity index (χ0) is 9.23. The van der Waals surface area contributed by atoms with Crippen molar-refractivity contribution in [2.45, 2.75) is 13.3 Å². The van der Waals surface area contributed by atoms with E-state index in [2.05, 4.69) is 4.74 Å². The molecule has 12 heavy (non-hydrogen) atoms. The van der Waals surface area contributed by atoms with Crippen molar-refractivity contribution in [3.8, 4) is 0 Å². The molecule has 4 nitrogen and oxygen atoms in total. The Morgan fingerprint density at radius 2 is 2.08 bits per heavy atom. The molecule has 0 aliphatic heterocycles. The van der Waals surface area contributed by atoms with Gasteiger partial charge in [0, 0.05) is 20.3 Å². The standard InChI is InChI=1S/C8H16O4/c1-3-12-8(9)7-11-6-4-5-10-2/h3-7H2,1-2H3. The lowest BCUT2D eigenvalue weighted by Gasteiger charge is -2.02. The summed E-state index contributed by atoms with van der Waals surface area (Å²) in [6.45, 7) is 3.40. The average Bonchev–Trinajstić information content (AvgIpc) is 2.05. The monoisotopic (exact) mass is 176 g/mol. The minimum atomic E-state index is -0.310. The Bertz CT molecular complexity index is 114. The summed E-state index contributed by atoms with van der Waals surface area (Å²) in [4.78, 5) is 10.7. The van der Waals surface area contributed by atoms with Gasteiger partial charge >= 0.3 is 5.97 Å². The minimum Gasteiger partial charge on any atom is -0.464 e. The predicted molar refractivity (Wildman–Crippen MR) is 43.9 cm³/mol. The van der Waals surface area contributed by atoms with E-state index in [-0.39, 0.29) is 12.6 Å². The van der Waals surface area contributed by atoms with Crippen LogP contribution < -0.4 is 0 Å². The number of hydrogen-bond donors (Lipinski definition) is 0. The van der Waals surface area contributed by atoms with Crippen molar-refractivity contribution in [2.75, 3.05) is 33.5 Å². The van der Waals surface area contributed by atoms with E-state index in [1.165, 1.54) is 0 Å². The summed E-state index contributed by atoms with van der Waals surface area (Å²) in [6.07, 6.45) is 0.801. The molecule has 0 saturated heterocycles. The van der Waals surface area contributed by atoms with E-state index in [0.717, 1.165) is 6.42 Å². The van der Waals surface area contributed by atoms with Gasteiger partial charge in [-0.2, -0.15) is 0 Å². The van der Waals surface area contributed by atoms with Gasteiger partial charge in [-0.25, -0.2) is 4.79 Å². The first-order valence-corrected chi connectivity index (χ1v) is 4.03. The first kappa shape index (κ1) is 11.4. The molecule has 4 heteroatoms. The molecule has 0 aromatic heterocycles. The largest absolute Gasteiger partial charge is 0.464 e. The van der Waals surface area contributed by atoms with Gasteiger partial charge in [-0.3, -0.25) is 0 Å². The van der Waals surface area contributed by atoms with Crippen LogP contribution in [-0.4, -0.2) is 39.5 Å². The van der Waals surface area contributed by atoms with E-state index in [0.29, 0.717) is 19.8 Å². The van der Waals surface area contributed by atoms with Crippen LogP contribution in [0.4, 0.5) is 0 Å². The predicted octanol–water partition coefficient (Wildman–Crippen LogP) is 0.603. The van der Waals surface area contributed by atoms with E-state index in [1.54, 1.807) is 14.0 Å². The van der Waals surface area contributed by atoms with Crippen molar-refractivity contribution in [2.24, 2.45) is 0 Å². The Labute approximate surface area is 72.8 Å². The van der Waals surface area contributed by atoms with Gasteiger partial charge in [0.15, 0.2) is 0 Å². The second kappa shape index (κ2) is 8.49. The average molecular weight is 176 g/mol. The Morgan fingerprint density at radius 3 is 2.67 bits per heavy atom. The van der Waals surface area contributed by atoms with Crippen LogP contribution in [0.5, 0.6) is 0 Å². The molecule has 0 aliphatic carbocycles. The van der Waals surface area contributed by atoms with Gasteiger partial charge in [0.05, 0.1) is 6.61 Å². The number of ether oxygens (including phenoxy) is 3. The highest BCUT2D eigenvalue weighted by molar-refractivity contribution is 5.70. The second-order valence-corrected chi connectivity index (χ2v) is 2.20. The van der Waals surface area contributed by atoms with Crippen molar-refractivity contribution in [1.82, 2.24) is 0 Å². The van der Waals surface area contributed by atoms with Crippen molar-refractivity contribution in [3.05, 3.63) is 0 Å². The van der Waals surface area contributed by atoms with E-state index in [9.17, 15) is 4.79 Å². The third kappa shape index (κ3) is 7.50. The van der Waals surface area contributed by atoms with Gasteiger partial charge in [-0.15, -0.1) is 0 Å². The summed E-state index contributed by atoms with van der Waals surface area (Å²) in [7, 11) is 1.63. The maximum Gasteiger partial charge on any atom is 0.332 e. The first-order valence-electron chi connectivity index (χ1n) is 4.03. The molecule has 0 fully saturated rings. The maximum atomic E-state index is 10.7. The molecule has 0 aromatic carbocycles. The lowest BCUT2D eigenvalue weighted by atomic mass is 10.5. The zero-order valence-corrected chi connectivity index (χ0v) is 7.67. The number of rotatable bonds is 7. The van der Waals surface area contributed by atoms with Gasteiger partial charge in [-0.1, -0.05) is 0 Å². The molecule has 72 valence electrons. The molecule has 0 amide bonds. The molecular formula is C8H16O4. The number of esters is 1. The highest BCUT2D eigenvalue weighted by Gasteiger charge is 1.99. The van der Waals surface area contributed by atoms with Crippen LogP contribution in [0.3, 0.4) is 0 Å². The molecule has 0 saturated carbocycles. The third-order valence-corrected chi connectivity index (χ3v) is 1.16. The minimum absolute atomic E-state index is 0.0392. The molecule has 0 radical (unpaired) electrons. The summed E-state index contributed by atoms with van der Waals surface area (Å²) in [5.74, 6) is -0.310. The molecule has 0 heterocycles. The summed E-state index contributed by atoms with van der Waals surface area (Å²) < 4.78 is 14.4. The molecule has 0 N–H and O–H groups in total. The van der Waals surface area contributed by atoms with E-state index in [4.69, 9.17) is 9.47 Å². The van der Waals surface area contributed by atoms with Crippen LogP contribution in [0.15, 0.2) is 0 Å². The lowest BCUT2D eigenvalue weighted by molar-refractivity contribution is -0.148. The molecule has 0 unspecified atom stereocenters. The second-order valence-electron chi connectivity index (χ2n) is 2.20. The van der Waals surface area contributed by atoms with Gasteiger partial charge in [0.2, 0.25) is 0 Å². The number of hydrogen-bond acceptors (Lipinski definition) is 4. The molecular weight excluding hydrogens is 160 g/mol. The highest BCUT2D eigenvalue weighted by atomic mass is 16.6. The summed E-state index contributed by atoms with van der Waals surface area (Å²) >= 11 is 0. The summed E-state index contributed by atoms with van der Waals surface area (Å²) in [6, 6.07) is 0. The fourth-order valence-corrected chi connectivity index (χ4v) is 0.663. The Kier molecular flexibility index (Phi) is 8.05. The van der Waals surface area contributed by atoms with Gasteiger partial charge in [-0.05, 0) is 13.3 Å². The fourth-order valence-electron chi connectivity index (χ4n) is 0.663. The van der Waals surface area contributed by atoms with Crippen LogP contribution in [0.2, 0.25) is 0 Å². The van der Waals surface area contributed by atoms with Crippen molar-refractivity contribution in [1.29, 1.82) is 0 Å². The molecule has 0 aromatic rings. The fraction of sp³-hybridized carbons (Fsp3) is 0.875. The van der Waals surface area contributed by atoms with Gasteiger partial charge in [0.25, 0.3) is 0 Å². The number of carbonyl (C=O) groups is 1. The molecule has 0 spiro atoms. The topological polar surface area (TPSA) is 44.8 Å². The first-order chi connectivity index (χ1) is 5.81. The SMILES string of the molecule is CCOC(=O)COCCCOC. The van der Waals surface area contributed by atoms with Crippen LogP contribution in [0.25, 0.3) is 0 Å².